The standard InChI is InChI=1S/C9H11BrN2O/c10-9-7-4-13-5-8(7)12(11-9)6-2-1-3-6/h6H,1-5H2. The minimum absolute atomic E-state index is 0.641. The van der Waals surface area contributed by atoms with E-state index in [-0.39, 0.29) is 0 Å². The number of hydrogen-bond donors (Lipinski definition) is 0. The van der Waals surface area contributed by atoms with E-state index in [1.807, 2.05) is 0 Å². The summed E-state index contributed by atoms with van der Waals surface area (Å²) in [7, 11) is 0. The second kappa shape index (κ2) is 2.82. The van der Waals surface area contributed by atoms with E-state index in [4.69, 9.17) is 4.74 Å². The first-order valence-electron chi connectivity index (χ1n) is 4.70. The molecule has 70 valence electrons. The van der Waals surface area contributed by atoms with Crippen molar-refractivity contribution in [3.05, 3.63) is 15.9 Å². The summed E-state index contributed by atoms with van der Waals surface area (Å²) in [5.74, 6) is 0. The van der Waals surface area contributed by atoms with Crippen LogP contribution in [0.2, 0.25) is 0 Å². The number of ether oxygens (including phenoxy) is 1. The van der Waals surface area contributed by atoms with Gasteiger partial charge in [0.15, 0.2) is 0 Å². The minimum atomic E-state index is 0.641. The van der Waals surface area contributed by atoms with Gasteiger partial charge in [0.05, 0.1) is 24.9 Å². The topological polar surface area (TPSA) is 27.1 Å². The fourth-order valence-corrected chi connectivity index (χ4v) is 2.47. The number of fused-ring (bicyclic) bond motifs is 1. The Labute approximate surface area is 85.2 Å². The van der Waals surface area contributed by atoms with Gasteiger partial charge in [-0.15, -0.1) is 0 Å². The average Bonchev–Trinajstić information content (AvgIpc) is 2.53. The number of nitrogens with zero attached hydrogens (tertiary/aromatic N) is 2. The third-order valence-corrected chi connectivity index (χ3v) is 3.61. The van der Waals surface area contributed by atoms with Crippen molar-refractivity contribution in [2.24, 2.45) is 0 Å². The van der Waals surface area contributed by atoms with Crippen molar-refractivity contribution in [3.8, 4) is 0 Å². The van der Waals surface area contributed by atoms with Crippen LogP contribution in [0.3, 0.4) is 0 Å². The van der Waals surface area contributed by atoms with E-state index >= 15 is 0 Å². The van der Waals surface area contributed by atoms with Crippen molar-refractivity contribution in [1.29, 1.82) is 0 Å². The van der Waals surface area contributed by atoms with Gasteiger partial charge in [-0.1, -0.05) is 0 Å². The van der Waals surface area contributed by atoms with E-state index in [0.717, 1.165) is 17.8 Å². The summed E-state index contributed by atoms with van der Waals surface area (Å²) < 4.78 is 8.55. The molecule has 0 bridgehead atoms. The second-order valence-electron chi connectivity index (χ2n) is 3.74. The molecule has 0 aromatic carbocycles. The van der Waals surface area contributed by atoms with Crippen molar-refractivity contribution >= 4 is 15.9 Å². The predicted octanol–water partition coefficient (Wildman–Crippen LogP) is 2.40. The molecule has 3 nitrogen and oxygen atoms in total. The van der Waals surface area contributed by atoms with Crippen molar-refractivity contribution in [1.82, 2.24) is 9.78 Å². The molecular formula is C9H11BrN2O. The fourth-order valence-electron chi connectivity index (χ4n) is 1.95. The highest BCUT2D eigenvalue weighted by molar-refractivity contribution is 9.10. The Kier molecular flexibility index (Phi) is 1.73. The predicted molar refractivity (Wildman–Crippen MR) is 51.3 cm³/mol. The van der Waals surface area contributed by atoms with Gasteiger partial charge in [-0.05, 0) is 35.2 Å². The molecule has 0 amide bonds. The van der Waals surface area contributed by atoms with Crippen LogP contribution in [0.4, 0.5) is 0 Å². The Morgan fingerprint density at radius 1 is 1.38 bits per heavy atom. The summed E-state index contributed by atoms with van der Waals surface area (Å²) in [6.45, 7) is 1.47. The maximum atomic E-state index is 5.40. The van der Waals surface area contributed by atoms with E-state index in [0.29, 0.717) is 6.04 Å². The normalized spacial score (nSPS) is 21.6. The molecule has 1 saturated carbocycles. The van der Waals surface area contributed by atoms with Gasteiger partial charge in [0.25, 0.3) is 0 Å². The van der Waals surface area contributed by atoms with Gasteiger partial charge in [0.2, 0.25) is 0 Å². The average molecular weight is 243 g/mol. The summed E-state index contributed by atoms with van der Waals surface area (Å²) in [5.41, 5.74) is 2.54. The van der Waals surface area contributed by atoms with Gasteiger partial charge in [0, 0.05) is 5.56 Å². The lowest BCUT2D eigenvalue weighted by Crippen LogP contribution is -2.20. The highest BCUT2D eigenvalue weighted by Gasteiger charge is 2.28. The van der Waals surface area contributed by atoms with Crippen LogP contribution in [0.5, 0.6) is 0 Å². The van der Waals surface area contributed by atoms with Crippen LogP contribution in [-0.2, 0) is 18.0 Å². The molecule has 3 rings (SSSR count). The van der Waals surface area contributed by atoms with Crippen molar-refractivity contribution in [2.75, 3.05) is 0 Å². The molecule has 0 radical (unpaired) electrons. The Morgan fingerprint density at radius 3 is 2.92 bits per heavy atom. The maximum absolute atomic E-state index is 5.40. The zero-order chi connectivity index (χ0) is 8.84. The van der Waals surface area contributed by atoms with E-state index in [1.54, 1.807) is 0 Å². The maximum Gasteiger partial charge on any atom is 0.134 e. The van der Waals surface area contributed by atoms with Gasteiger partial charge >= 0.3 is 0 Å². The Bertz CT molecular complexity index is 344. The molecule has 1 fully saturated rings. The third kappa shape index (κ3) is 1.08. The first-order chi connectivity index (χ1) is 6.36. The lowest BCUT2D eigenvalue weighted by atomic mass is 9.93. The Hall–Kier alpha value is -0.350. The summed E-state index contributed by atoms with van der Waals surface area (Å²) in [4.78, 5) is 0. The molecule has 1 aliphatic carbocycles. The molecule has 13 heavy (non-hydrogen) atoms. The van der Waals surface area contributed by atoms with Gasteiger partial charge in [-0.3, -0.25) is 4.68 Å². The molecule has 1 aromatic rings. The first-order valence-corrected chi connectivity index (χ1v) is 5.49. The second-order valence-corrected chi connectivity index (χ2v) is 4.49. The molecule has 1 aromatic heterocycles. The smallest absolute Gasteiger partial charge is 0.134 e. The van der Waals surface area contributed by atoms with Crippen LogP contribution in [0, 0.1) is 0 Å². The quantitative estimate of drug-likeness (QED) is 0.757. The molecule has 4 heteroatoms. The van der Waals surface area contributed by atoms with Crippen LogP contribution in [-0.4, -0.2) is 9.78 Å². The van der Waals surface area contributed by atoms with Crippen molar-refractivity contribution in [3.63, 3.8) is 0 Å². The summed E-state index contributed by atoms with van der Waals surface area (Å²) in [5, 5.41) is 4.51. The van der Waals surface area contributed by atoms with Crippen molar-refractivity contribution < 1.29 is 4.74 Å². The highest BCUT2D eigenvalue weighted by Crippen LogP contribution is 2.36. The van der Waals surface area contributed by atoms with Gasteiger partial charge < -0.3 is 4.74 Å². The number of rotatable bonds is 1. The van der Waals surface area contributed by atoms with Gasteiger partial charge in [-0.2, -0.15) is 5.10 Å². The number of aromatic nitrogens is 2. The zero-order valence-corrected chi connectivity index (χ0v) is 8.88. The SMILES string of the molecule is Brc1nn(C2CCC2)c2c1COC2. The molecule has 1 aliphatic heterocycles. The van der Waals surface area contributed by atoms with Crippen LogP contribution in [0.15, 0.2) is 4.60 Å². The molecule has 0 atom stereocenters. The molecule has 0 N–H and O–H groups in total. The fraction of sp³-hybridized carbons (Fsp3) is 0.667. The lowest BCUT2D eigenvalue weighted by Gasteiger charge is -2.26. The lowest BCUT2D eigenvalue weighted by molar-refractivity contribution is 0.125. The molecular weight excluding hydrogens is 232 g/mol. The van der Waals surface area contributed by atoms with Gasteiger partial charge in [0.1, 0.15) is 4.60 Å². The van der Waals surface area contributed by atoms with Crippen LogP contribution in [0.1, 0.15) is 36.6 Å². The van der Waals surface area contributed by atoms with E-state index < -0.39 is 0 Å². The summed E-state index contributed by atoms with van der Waals surface area (Å²) in [6, 6.07) is 0.641. The summed E-state index contributed by atoms with van der Waals surface area (Å²) >= 11 is 3.48. The Balaban J connectivity index is 2.04. The minimum Gasteiger partial charge on any atom is -0.370 e. The Morgan fingerprint density at radius 2 is 2.23 bits per heavy atom. The van der Waals surface area contributed by atoms with Crippen LogP contribution >= 0.6 is 15.9 Å². The highest BCUT2D eigenvalue weighted by atomic mass is 79.9. The molecule has 0 spiro atoms. The zero-order valence-electron chi connectivity index (χ0n) is 7.29. The molecule has 2 heterocycles. The van der Waals surface area contributed by atoms with Crippen LogP contribution < -0.4 is 0 Å². The first kappa shape index (κ1) is 8.00. The molecule has 0 saturated heterocycles. The van der Waals surface area contributed by atoms with E-state index in [1.165, 1.54) is 30.5 Å². The monoisotopic (exact) mass is 242 g/mol. The molecule has 0 unspecified atom stereocenters. The number of hydrogen-bond acceptors (Lipinski definition) is 2. The number of halogens is 1. The van der Waals surface area contributed by atoms with E-state index in [2.05, 4.69) is 25.7 Å². The van der Waals surface area contributed by atoms with Crippen LogP contribution in [0.25, 0.3) is 0 Å². The largest absolute Gasteiger partial charge is 0.370 e. The van der Waals surface area contributed by atoms with E-state index in [9.17, 15) is 0 Å². The van der Waals surface area contributed by atoms with Crippen molar-refractivity contribution in [2.45, 2.75) is 38.5 Å². The summed E-state index contributed by atoms with van der Waals surface area (Å²) in [6.07, 6.45) is 3.90. The molecule has 2 aliphatic rings. The van der Waals surface area contributed by atoms with Gasteiger partial charge in [-0.25, -0.2) is 0 Å². The third-order valence-electron chi connectivity index (χ3n) is 2.98.